The van der Waals surface area contributed by atoms with Crippen molar-refractivity contribution < 1.29 is 4.42 Å². The Kier molecular flexibility index (Phi) is 7.44. The van der Waals surface area contributed by atoms with Crippen LogP contribution in [0.3, 0.4) is 0 Å². The van der Waals surface area contributed by atoms with Crippen molar-refractivity contribution in [1.82, 2.24) is 15.6 Å². The van der Waals surface area contributed by atoms with Crippen molar-refractivity contribution in [2.75, 3.05) is 13.6 Å². The van der Waals surface area contributed by atoms with Crippen LogP contribution in [0, 0.1) is 6.92 Å². The van der Waals surface area contributed by atoms with Crippen molar-refractivity contribution in [2.45, 2.75) is 26.3 Å². The molecule has 6 heteroatoms. The molecule has 0 radical (unpaired) electrons. The molecule has 26 heavy (non-hydrogen) atoms. The Balaban J connectivity index is 0.00000243. The van der Waals surface area contributed by atoms with Gasteiger partial charge in [0.2, 0.25) is 0 Å². The van der Waals surface area contributed by atoms with Gasteiger partial charge < -0.3 is 15.1 Å². The maximum atomic E-state index is 5.91. The van der Waals surface area contributed by atoms with Gasteiger partial charge in [-0.05, 0) is 49.6 Å². The minimum absolute atomic E-state index is 0. The molecule has 1 unspecified atom stereocenters. The lowest BCUT2D eigenvalue weighted by Crippen LogP contribution is -2.39. The van der Waals surface area contributed by atoms with E-state index in [2.05, 4.69) is 52.7 Å². The van der Waals surface area contributed by atoms with Crippen molar-refractivity contribution in [1.29, 1.82) is 0 Å². The molecular formula is C20H25IN4O. The number of nitrogens with zero attached hydrogens (tertiary/aromatic N) is 2. The number of hydrogen-bond donors (Lipinski definition) is 2. The zero-order valence-electron chi connectivity index (χ0n) is 15.3. The first-order chi connectivity index (χ1) is 12.2. The lowest BCUT2D eigenvalue weighted by molar-refractivity contribution is 0.488. The van der Waals surface area contributed by atoms with Gasteiger partial charge in [-0.2, -0.15) is 0 Å². The highest BCUT2D eigenvalue weighted by Crippen LogP contribution is 2.23. The number of rotatable bonds is 5. The molecule has 0 spiro atoms. The lowest BCUT2D eigenvalue weighted by Gasteiger charge is -2.16. The van der Waals surface area contributed by atoms with Crippen molar-refractivity contribution >= 4 is 40.9 Å². The zero-order valence-corrected chi connectivity index (χ0v) is 17.7. The number of benzene rings is 1. The monoisotopic (exact) mass is 464 g/mol. The molecule has 1 atom stereocenters. The quantitative estimate of drug-likeness (QED) is 0.337. The van der Waals surface area contributed by atoms with E-state index < -0.39 is 0 Å². The number of aryl methyl sites for hydroxylation is 1. The molecule has 5 nitrogen and oxygen atoms in total. The minimum atomic E-state index is 0. The van der Waals surface area contributed by atoms with Crippen molar-refractivity contribution in [3.8, 4) is 0 Å². The SMILES string of the molecule is CN=C(NCCc1ccncc1C)NC(C)c1cc2ccccc2o1.I. The number of aliphatic imine (C=N–C) groups is 1. The Bertz CT molecular complexity index is 842. The third-order valence-electron chi connectivity index (χ3n) is 4.27. The molecule has 0 saturated carbocycles. The second kappa shape index (κ2) is 9.56. The first kappa shape index (κ1) is 20.2. The molecule has 3 rings (SSSR count). The minimum Gasteiger partial charge on any atom is -0.459 e. The van der Waals surface area contributed by atoms with Crippen LogP contribution in [0.2, 0.25) is 0 Å². The molecule has 2 aromatic heterocycles. The fourth-order valence-electron chi connectivity index (χ4n) is 2.78. The number of guanidine groups is 1. The summed E-state index contributed by atoms with van der Waals surface area (Å²) in [7, 11) is 1.78. The molecule has 138 valence electrons. The van der Waals surface area contributed by atoms with E-state index in [0.29, 0.717) is 0 Å². The van der Waals surface area contributed by atoms with Gasteiger partial charge in [-0.25, -0.2) is 0 Å². The topological polar surface area (TPSA) is 62.5 Å². The van der Waals surface area contributed by atoms with Crippen LogP contribution < -0.4 is 10.6 Å². The number of furan rings is 1. The number of aromatic nitrogens is 1. The van der Waals surface area contributed by atoms with Gasteiger partial charge in [-0.1, -0.05) is 18.2 Å². The van der Waals surface area contributed by atoms with E-state index in [4.69, 9.17) is 4.42 Å². The Morgan fingerprint density at radius 1 is 1.27 bits per heavy atom. The van der Waals surface area contributed by atoms with Crippen LogP contribution >= 0.6 is 24.0 Å². The second-order valence-electron chi connectivity index (χ2n) is 6.10. The molecule has 0 fully saturated rings. The summed E-state index contributed by atoms with van der Waals surface area (Å²) in [4.78, 5) is 8.43. The predicted octanol–water partition coefficient (Wildman–Crippen LogP) is 4.22. The fraction of sp³-hybridized carbons (Fsp3) is 0.300. The zero-order chi connectivity index (χ0) is 17.6. The van der Waals surface area contributed by atoms with Crippen molar-refractivity contribution in [3.05, 3.63) is 65.7 Å². The van der Waals surface area contributed by atoms with Crippen LogP contribution in [-0.4, -0.2) is 24.5 Å². The average Bonchev–Trinajstić information content (AvgIpc) is 3.06. The van der Waals surface area contributed by atoms with E-state index in [0.717, 1.165) is 35.7 Å². The van der Waals surface area contributed by atoms with Gasteiger partial charge in [0.05, 0.1) is 6.04 Å². The first-order valence-corrected chi connectivity index (χ1v) is 8.52. The number of hydrogen-bond acceptors (Lipinski definition) is 3. The maximum absolute atomic E-state index is 5.91. The van der Waals surface area contributed by atoms with Gasteiger partial charge in [-0.15, -0.1) is 24.0 Å². The van der Waals surface area contributed by atoms with E-state index >= 15 is 0 Å². The first-order valence-electron chi connectivity index (χ1n) is 8.52. The average molecular weight is 464 g/mol. The number of nitrogens with one attached hydrogen (secondary N) is 2. The number of pyridine rings is 1. The Morgan fingerprint density at radius 2 is 2.08 bits per heavy atom. The van der Waals surface area contributed by atoms with Gasteiger partial charge in [0.15, 0.2) is 5.96 Å². The fourth-order valence-corrected chi connectivity index (χ4v) is 2.78. The summed E-state index contributed by atoms with van der Waals surface area (Å²) in [5, 5.41) is 7.85. The van der Waals surface area contributed by atoms with Crippen LogP contribution in [0.25, 0.3) is 11.0 Å². The van der Waals surface area contributed by atoms with Gasteiger partial charge in [0, 0.05) is 31.4 Å². The summed E-state index contributed by atoms with van der Waals surface area (Å²) >= 11 is 0. The third kappa shape index (κ3) is 4.97. The largest absolute Gasteiger partial charge is 0.459 e. The highest BCUT2D eigenvalue weighted by molar-refractivity contribution is 14.0. The van der Waals surface area contributed by atoms with Crippen LogP contribution in [0.15, 0.2) is 58.2 Å². The van der Waals surface area contributed by atoms with Crippen LogP contribution in [0.5, 0.6) is 0 Å². The summed E-state index contributed by atoms with van der Waals surface area (Å²) in [6, 6.07) is 12.2. The van der Waals surface area contributed by atoms with Gasteiger partial charge in [-0.3, -0.25) is 9.98 Å². The molecule has 0 bridgehead atoms. The summed E-state index contributed by atoms with van der Waals surface area (Å²) in [5.74, 6) is 1.66. The van der Waals surface area contributed by atoms with Gasteiger partial charge in [0.1, 0.15) is 11.3 Å². The van der Waals surface area contributed by atoms with E-state index in [1.165, 1.54) is 11.1 Å². The molecule has 0 aliphatic rings. The van der Waals surface area contributed by atoms with Crippen molar-refractivity contribution in [2.24, 2.45) is 4.99 Å². The Hall–Kier alpha value is -2.09. The molecule has 1 aromatic carbocycles. The standard InChI is InChI=1S/C20H24N4O.HI/c1-14-13-22-10-8-16(14)9-11-23-20(21-3)24-15(2)19-12-17-6-4-5-7-18(17)25-19;/h4-8,10,12-13,15H,9,11H2,1-3H3,(H2,21,23,24);1H. The van der Waals surface area contributed by atoms with Gasteiger partial charge >= 0.3 is 0 Å². The van der Waals surface area contributed by atoms with Gasteiger partial charge in [0.25, 0.3) is 0 Å². The lowest BCUT2D eigenvalue weighted by atomic mass is 10.1. The maximum Gasteiger partial charge on any atom is 0.191 e. The van der Waals surface area contributed by atoms with E-state index in [9.17, 15) is 0 Å². The van der Waals surface area contributed by atoms with E-state index in [1.807, 2.05) is 30.6 Å². The summed E-state index contributed by atoms with van der Waals surface area (Å²) in [6.45, 7) is 4.95. The normalized spacial score (nSPS) is 12.5. The molecular weight excluding hydrogens is 439 g/mol. The van der Waals surface area contributed by atoms with E-state index in [1.54, 1.807) is 7.05 Å². The molecule has 0 aliphatic heterocycles. The molecule has 2 N–H and O–H groups in total. The van der Waals surface area contributed by atoms with Crippen LogP contribution in [0.1, 0.15) is 29.9 Å². The number of fused-ring (bicyclic) bond motifs is 1. The summed E-state index contributed by atoms with van der Waals surface area (Å²) in [6.07, 6.45) is 4.65. The van der Waals surface area contributed by atoms with Crippen molar-refractivity contribution in [3.63, 3.8) is 0 Å². The molecule has 0 aliphatic carbocycles. The number of para-hydroxylation sites is 1. The second-order valence-corrected chi connectivity index (χ2v) is 6.10. The third-order valence-corrected chi connectivity index (χ3v) is 4.27. The highest BCUT2D eigenvalue weighted by Gasteiger charge is 2.12. The highest BCUT2D eigenvalue weighted by atomic mass is 127. The van der Waals surface area contributed by atoms with E-state index in [-0.39, 0.29) is 30.0 Å². The van der Waals surface area contributed by atoms with Crippen LogP contribution in [0.4, 0.5) is 0 Å². The Labute approximate surface area is 171 Å². The molecule has 3 aromatic rings. The predicted molar refractivity (Wildman–Crippen MR) is 117 cm³/mol. The Morgan fingerprint density at radius 3 is 2.81 bits per heavy atom. The molecule has 0 saturated heterocycles. The summed E-state index contributed by atoms with van der Waals surface area (Å²) < 4.78 is 5.91. The molecule has 0 amide bonds. The summed E-state index contributed by atoms with van der Waals surface area (Å²) in [5.41, 5.74) is 3.41. The smallest absolute Gasteiger partial charge is 0.191 e. The molecule has 2 heterocycles. The number of halogens is 1. The van der Waals surface area contributed by atoms with Crippen LogP contribution in [-0.2, 0) is 6.42 Å².